The second kappa shape index (κ2) is 6.55. The highest BCUT2D eigenvalue weighted by Gasteiger charge is 2.41. The van der Waals surface area contributed by atoms with Crippen molar-refractivity contribution >= 4 is 11.7 Å². The number of rotatable bonds is 3. The lowest BCUT2D eigenvalue weighted by atomic mass is 10.1. The van der Waals surface area contributed by atoms with Crippen LogP contribution < -0.4 is 4.90 Å². The largest absolute Gasteiger partial charge is 0.380 e. The number of aromatic nitrogens is 1. The molecule has 2 aliphatic heterocycles. The van der Waals surface area contributed by atoms with Crippen LogP contribution in [0.25, 0.3) is 0 Å². The maximum Gasteiger partial charge on any atom is 0.245 e. The number of ether oxygens (including phenoxy) is 1. The number of hydrogen-bond acceptors (Lipinski definition) is 5. The fraction of sp³-hybridized carbons (Fsp3) is 0.588. The topological polar surface area (TPSA) is 69.5 Å². The molecule has 3 rings (SSSR count). The number of nitriles is 1. The summed E-state index contributed by atoms with van der Waals surface area (Å²) in [4.78, 5) is 21.2. The van der Waals surface area contributed by atoms with Gasteiger partial charge in [0.2, 0.25) is 5.91 Å². The van der Waals surface area contributed by atoms with Gasteiger partial charge < -0.3 is 14.5 Å². The minimum absolute atomic E-state index is 0.0135. The Morgan fingerprint density at radius 1 is 1.43 bits per heavy atom. The van der Waals surface area contributed by atoms with Gasteiger partial charge in [-0.1, -0.05) is 0 Å². The molecular formula is C17H22N4O2. The standard InChI is InChI=1S/C17H22N4O2/c1-12-5-6-19-16(14(12)10-18)21-11-13(23-2)9-15(21)17(22)20-7-3-4-8-20/h5-6,13,15H,3-4,7-9,11H2,1-2H3/t13-,15-/m0/s1. The molecular weight excluding hydrogens is 292 g/mol. The lowest BCUT2D eigenvalue weighted by Crippen LogP contribution is -2.45. The van der Waals surface area contributed by atoms with Crippen LogP contribution in [0.4, 0.5) is 5.82 Å². The number of nitrogens with zero attached hydrogens (tertiary/aromatic N) is 4. The predicted molar refractivity (Wildman–Crippen MR) is 86.1 cm³/mol. The quantitative estimate of drug-likeness (QED) is 0.845. The first-order chi connectivity index (χ1) is 11.2. The van der Waals surface area contributed by atoms with Crippen LogP contribution in [-0.4, -0.2) is 54.7 Å². The Bertz CT molecular complexity index is 634. The first-order valence-electron chi connectivity index (χ1n) is 8.09. The van der Waals surface area contributed by atoms with Gasteiger partial charge in [-0.15, -0.1) is 0 Å². The molecule has 23 heavy (non-hydrogen) atoms. The number of carbonyl (C=O) groups excluding carboxylic acids is 1. The van der Waals surface area contributed by atoms with E-state index in [-0.39, 0.29) is 18.1 Å². The number of carbonyl (C=O) groups is 1. The summed E-state index contributed by atoms with van der Waals surface area (Å²) in [5, 5.41) is 9.48. The Kier molecular flexibility index (Phi) is 4.49. The van der Waals surface area contributed by atoms with Gasteiger partial charge in [-0.2, -0.15) is 5.26 Å². The van der Waals surface area contributed by atoms with Crippen molar-refractivity contribution in [1.29, 1.82) is 5.26 Å². The van der Waals surface area contributed by atoms with E-state index in [0.29, 0.717) is 24.3 Å². The van der Waals surface area contributed by atoms with E-state index in [2.05, 4.69) is 11.1 Å². The van der Waals surface area contributed by atoms with Crippen molar-refractivity contribution in [2.75, 3.05) is 31.6 Å². The molecule has 3 heterocycles. The van der Waals surface area contributed by atoms with E-state index >= 15 is 0 Å². The van der Waals surface area contributed by atoms with E-state index in [1.165, 1.54) is 0 Å². The first-order valence-corrected chi connectivity index (χ1v) is 8.09. The molecule has 0 saturated carbocycles. The molecule has 0 bridgehead atoms. The van der Waals surface area contributed by atoms with Crippen molar-refractivity contribution in [3.63, 3.8) is 0 Å². The third-order valence-corrected chi connectivity index (χ3v) is 4.82. The van der Waals surface area contributed by atoms with Gasteiger partial charge in [0.15, 0.2) is 0 Å². The second-order valence-electron chi connectivity index (χ2n) is 6.23. The van der Waals surface area contributed by atoms with Gasteiger partial charge in [-0.25, -0.2) is 4.98 Å². The normalized spacial score (nSPS) is 24.0. The van der Waals surface area contributed by atoms with Crippen LogP contribution in [0.3, 0.4) is 0 Å². The Hall–Kier alpha value is -2.13. The molecule has 1 aromatic heterocycles. The first kappa shape index (κ1) is 15.8. The maximum absolute atomic E-state index is 12.9. The summed E-state index contributed by atoms with van der Waals surface area (Å²) >= 11 is 0. The van der Waals surface area contributed by atoms with E-state index in [9.17, 15) is 10.1 Å². The highest BCUT2D eigenvalue weighted by Crippen LogP contribution is 2.30. The average Bonchev–Trinajstić information content (AvgIpc) is 3.23. The molecule has 0 N–H and O–H groups in total. The Balaban J connectivity index is 1.93. The van der Waals surface area contributed by atoms with Gasteiger partial charge in [0.1, 0.15) is 17.9 Å². The van der Waals surface area contributed by atoms with Crippen LogP contribution in [0.2, 0.25) is 0 Å². The van der Waals surface area contributed by atoms with Gasteiger partial charge in [-0.05, 0) is 31.4 Å². The smallest absolute Gasteiger partial charge is 0.245 e. The number of likely N-dealkylation sites (tertiary alicyclic amines) is 1. The summed E-state index contributed by atoms with van der Waals surface area (Å²) < 4.78 is 5.49. The van der Waals surface area contributed by atoms with Crippen molar-refractivity contribution in [2.24, 2.45) is 0 Å². The molecule has 0 aliphatic carbocycles. The third-order valence-electron chi connectivity index (χ3n) is 4.82. The molecule has 2 aliphatic rings. The van der Waals surface area contributed by atoms with Crippen LogP contribution in [-0.2, 0) is 9.53 Å². The number of methoxy groups -OCH3 is 1. The molecule has 122 valence electrons. The minimum Gasteiger partial charge on any atom is -0.380 e. The molecule has 1 amide bonds. The van der Waals surface area contributed by atoms with Gasteiger partial charge in [-0.3, -0.25) is 4.79 Å². The molecule has 1 aromatic rings. The van der Waals surface area contributed by atoms with E-state index in [0.717, 1.165) is 31.5 Å². The average molecular weight is 314 g/mol. The zero-order valence-electron chi connectivity index (χ0n) is 13.7. The molecule has 2 fully saturated rings. The SMILES string of the molecule is CO[C@H]1C[C@@H](C(=O)N2CCCC2)N(c2nccc(C)c2C#N)C1. The second-order valence-corrected chi connectivity index (χ2v) is 6.23. The molecule has 6 nitrogen and oxygen atoms in total. The number of aryl methyl sites for hydroxylation is 1. The van der Waals surface area contributed by atoms with Crippen LogP contribution in [0.15, 0.2) is 12.3 Å². The molecule has 6 heteroatoms. The summed E-state index contributed by atoms with van der Waals surface area (Å²) in [5.41, 5.74) is 1.43. The Labute approximate surface area is 136 Å². The van der Waals surface area contributed by atoms with E-state index < -0.39 is 0 Å². The minimum atomic E-state index is -0.292. The van der Waals surface area contributed by atoms with E-state index in [1.54, 1.807) is 13.3 Å². The highest BCUT2D eigenvalue weighted by molar-refractivity contribution is 5.86. The lowest BCUT2D eigenvalue weighted by molar-refractivity contribution is -0.131. The zero-order chi connectivity index (χ0) is 16.4. The van der Waals surface area contributed by atoms with Crippen molar-refractivity contribution in [3.8, 4) is 6.07 Å². The number of amides is 1. The van der Waals surface area contributed by atoms with E-state index in [1.807, 2.05) is 22.8 Å². The maximum atomic E-state index is 12.9. The van der Waals surface area contributed by atoms with Crippen molar-refractivity contribution in [3.05, 3.63) is 23.4 Å². The van der Waals surface area contributed by atoms with Crippen molar-refractivity contribution < 1.29 is 9.53 Å². The molecule has 0 unspecified atom stereocenters. The van der Waals surface area contributed by atoms with Crippen LogP contribution in [0.5, 0.6) is 0 Å². The van der Waals surface area contributed by atoms with Crippen molar-refractivity contribution in [2.45, 2.75) is 38.3 Å². The monoisotopic (exact) mass is 314 g/mol. The fourth-order valence-electron chi connectivity index (χ4n) is 3.48. The Morgan fingerprint density at radius 2 is 2.17 bits per heavy atom. The van der Waals surface area contributed by atoms with Crippen molar-refractivity contribution in [1.82, 2.24) is 9.88 Å². The van der Waals surface area contributed by atoms with Crippen LogP contribution >= 0.6 is 0 Å². The molecule has 2 atom stereocenters. The van der Waals surface area contributed by atoms with Crippen LogP contribution in [0, 0.1) is 18.3 Å². The van der Waals surface area contributed by atoms with Gasteiger partial charge in [0, 0.05) is 39.4 Å². The van der Waals surface area contributed by atoms with E-state index in [4.69, 9.17) is 4.74 Å². The van der Waals surface area contributed by atoms with Gasteiger partial charge in [0.25, 0.3) is 0 Å². The van der Waals surface area contributed by atoms with Gasteiger partial charge in [0.05, 0.1) is 11.7 Å². The fourth-order valence-corrected chi connectivity index (χ4v) is 3.48. The van der Waals surface area contributed by atoms with Crippen LogP contribution in [0.1, 0.15) is 30.4 Å². The summed E-state index contributed by atoms with van der Waals surface area (Å²) in [5.74, 6) is 0.735. The summed E-state index contributed by atoms with van der Waals surface area (Å²) in [7, 11) is 1.67. The molecule has 2 saturated heterocycles. The summed E-state index contributed by atoms with van der Waals surface area (Å²) in [6.45, 7) is 4.14. The number of pyridine rings is 1. The Morgan fingerprint density at radius 3 is 2.83 bits per heavy atom. The number of anilines is 1. The molecule has 0 radical (unpaired) electrons. The van der Waals surface area contributed by atoms with Gasteiger partial charge >= 0.3 is 0 Å². The summed E-state index contributed by atoms with van der Waals surface area (Å²) in [6.07, 6.45) is 4.46. The highest BCUT2D eigenvalue weighted by atomic mass is 16.5. The molecule has 0 aromatic carbocycles. The lowest BCUT2D eigenvalue weighted by Gasteiger charge is -2.29. The number of hydrogen-bond donors (Lipinski definition) is 0. The molecule has 0 spiro atoms. The third kappa shape index (κ3) is 2.89. The predicted octanol–water partition coefficient (Wildman–Crippen LogP) is 1.48. The summed E-state index contributed by atoms with van der Waals surface area (Å²) in [6, 6.07) is 3.76. The zero-order valence-corrected chi connectivity index (χ0v) is 13.7.